The number of nitrogens with zero attached hydrogens (tertiary/aromatic N) is 1. The molecule has 0 aliphatic heterocycles. The number of ether oxygens (including phenoxy) is 2. The molecule has 1 aromatic carbocycles. The van der Waals surface area contributed by atoms with Crippen LogP contribution < -0.4 is 20.2 Å². The fourth-order valence-electron chi connectivity index (χ4n) is 2.01. The highest BCUT2D eigenvalue weighted by molar-refractivity contribution is 6.35. The number of furan rings is 1. The number of carbonyl (C=O) groups is 3. The number of carbonyl (C=O) groups excluding carboxylic acids is 2. The van der Waals surface area contributed by atoms with Crippen molar-refractivity contribution in [3.63, 3.8) is 0 Å². The van der Waals surface area contributed by atoms with Crippen LogP contribution in [-0.2, 0) is 20.9 Å². The zero-order valence-corrected chi connectivity index (χ0v) is 15.0. The summed E-state index contributed by atoms with van der Waals surface area (Å²) in [6, 6.07) is 8.00. The molecule has 28 heavy (non-hydrogen) atoms. The first kappa shape index (κ1) is 20.5. The van der Waals surface area contributed by atoms with E-state index in [1.54, 1.807) is 31.2 Å². The molecule has 1 heterocycles. The predicted octanol–water partition coefficient (Wildman–Crippen LogP) is 0.908. The summed E-state index contributed by atoms with van der Waals surface area (Å²) in [4.78, 5) is 34.0. The summed E-state index contributed by atoms with van der Waals surface area (Å²) in [6.45, 7) is 1.69. The zero-order valence-electron chi connectivity index (χ0n) is 15.0. The molecule has 1 aromatic heterocycles. The second kappa shape index (κ2) is 10.4. The molecule has 0 aliphatic carbocycles. The van der Waals surface area contributed by atoms with E-state index in [9.17, 15) is 14.4 Å². The number of benzene rings is 1. The van der Waals surface area contributed by atoms with Crippen LogP contribution in [-0.4, -0.2) is 42.3 Å². The highest BCUT2D eigenvalue weighted by Gasteiger charge is 2.13. The molecule has 10 nitrogen and oxygen atoms in total. The number of hydrogen-bond acceptors (Lipinski definition) is 7. The molecule has 0 unspecified atom stereocenters. The van der Waals surface area contributed by atoms with Gasteiger partial charge >= 0.3 is 17.8 Å². The third kappa shape index (κ3) is 6.48. The number of nitrogens with one attached hydrogen (secondary N) is 2. The van der Waals surface area contributed by atoms with E-state index < -0.39 is 24.4 Å². The van der Waals surface area contributed by atoms with Crippen LogP contribution in [0.2, 0.25) is 0 Å². The van der Waals surface area contributed by atoms with Crippen molar-refractivity contribution in [2.45, 2.75) is 13.5 Å². The summed E-state index contributed by atoms with van der Waals surface area (Å²) < 4.78 is 15.6. The monoisotopic (exact) mass is 389 g/mol. The van der Waals surface area contributed by atoms with Gasteiger partial charge in [-0.3, -0.25) is 9.59 Å². The molecule has 0 bridgehead atoms. The van der Waals surface area contributed by atoms with Gasteiger partial charge in [-0.05, 0) is 42.8 Å². The van der Waals surface area contributed by atoms with Gasteiger partial charge in [0.15, 0.2) is 18.1 Å². The third-order valence-electron chi connectivity index (χ3n) is 3.21. The normalized spacial score (nSPS) is 10.5. The zero-order chi connectivity index (χ0) is 20.4. The molecular formula is C18H19N3O7. The van der Waals surface area contributed by atoms with Crippen LogP contribution in [0.1, 0.15) is 18.2 Å². The number of carboxylic acids is 1. The van der Waals surface area contributed by atoms with Crippen molar-refractivity contribution in [3.8, 4) is 11.5 Å². The van der Waals surface area contributed by atoms with Crippen molar-refractivity contribution in [1.82, 2.24) is 10.7 Å². The number of hydrazone groups is 1. The average Bonchev–Trinajstić information content (AvgIpc) is 3.19. The smallest absolute Gasteiger partial charge is 0.341 e. The Kier molecular flexibility index (Phi) is 7.58. The maximum absolute atomic E-state index is 11.7. The Hall–Kier alpha value is -3.82. The fourth-order valence-corrected chi connectivity index (χ4v) is 2.01. The van der Waals surface area contributed by atoms with Crippen molar-refractivity contribution in [2.75, 3.05) is 13.2 Å². The molecule has 0 saturated carbocycles. The maximum atomic E-state index is 11.7. The molecule has 0 saturated heterocycles. The highest BCUT2D eigenvalue weighted by atomic mass is 16.5. The van der Waals surface area contributed by atoms with E-state index in [-0.39, 0.29) is 12.3 Å². The summed E-state index contributed by atoms with van der Waals surface area (Å²) in [6.07, 6.45) is 2.77. The SMILES string of the molecule is CCOc1cc(/C=N\NC(=O)C(=O)NCc2ccco2)ccc1OCC(=O)O. The van der Waals surface area contributed by atoms with Gasteiger partial charge in [0.1, 0.15) is 5.76 Å². The lowest BCUT2D eigenvalue weighted by Gasteiger charge is -2.11. The maximum Gasteiger partial charge on any atom is 0.341 e. The van der Waals surface area contributed by atoms with Crippen LogP contribution in [0.25, 0.3) is 0 Å². The molecular weight excluding hydrogens is 370 g/mol. The van der Waals surface area contributed by atoms with E-state index >= 15 is 0 Å². The minimum Gasteiger partial charge on any atom is -0.490 e. The second-order valence-corrected chi connectivity index (χ2v) is 5.28. The molecule has 0 spiro atoms. The molecule has 2 aromatic rings. The van der Waals surface area contributed by atoms with Crippen molar-refractivity contribution in [1.29, 1.82) is 0 Å². The van der Waals surface area contributed by atoms with Gasteiger partial charge in [0.25, 0.3) is 0 Å². The van der Waals surface area contributed by atoms with Crippen LogP contribution >= 0.6 is 0 Å². The Labute approximate surface area is 160 Å². The molecule has 2 rings (SSSR count). The van der Waals surface area contributed by atoms with E-state index in [4.69, 9.17) is 19.0 Å². The number of aliphatic carboxylic acids is 1. The number of rotatable bonds is 9. The Balaban J connectivity index is 1.91. The summed E-state index contributed by atoms with van der Waals surface area (Å²) in [5.74, 6) is -1.80. The van der Waals surface area contributed by atoms with Gasteiger partial charge in [-0.2, -0.15) is 5.10 Å². The standard InChI is InChI=1S/C18H19N3O7/c1-2-26-15-8-12(5-6-14(15)28-11-16(22)23)9-20-21-18(25)17(24)19-10-13-4-3-7-27-13/h3-9H,2,10-11H2,1H3,(H,19,24)(H,21,25)(H,22,23)/b20-9-. The topological polar surface area (TPSA) is 139 Å². The fraction of sp³-hybridized carbons (Fsp3) is 0.222. The van der Waals surface area contributed by atoms with Crippen molar-refractivity contribution < 1.29 is 33.4 Å². The Morgan fingerprint density at radius 2 is 2.00 bits per heavy atom. The molecule has 3 N–H and O–H groups in total. The minimum absolute atomic E-state index is 0.0818. The summed E-state index contributed by atoms with van der Waals surface area (Å²) in [5, 5.41) is 14.8. The highest BCUT2D eigenvalue weighted by Crippen LogP contribution is 2.28. The van der Waals surface area contributed by atoms with Crippen LogP contribution in [0.5, 0.6) is 11.5 Å². The number of amides is 2. The van der Waals surface area contributed by atoms with Gasteiger partial charge < -0.3 is 24.3 Å². The summed E-state index contributed by atoms with van der Waals surface area (Å²) in [7, 11) is 0. The largest absolute Gasteiger partial charge is 0.490 e. The molecule has 0 atom stereocenters. The number of carboxylic acid groups (broad SMARTS) is 1. The van der Waals surface area contributed by atoms with Crippen molar-refractivity contribution in [2.24, 2.45) is 5.10 Å². The van der Waals surface area contributed by atoms with E-state index in [0.29, 0.717) is 23.7 Å². The van der Waals surface area contributed by atoms with Crippen molar-refractivity contribution in [3.05, 3.63) is 47.9 Å². The Morgan fingerprint density at radius 3 is 2.68 bits per heavy atom. The van der Waals surface area contributed by atoms with Gasteiger partial charge in [0.05, 0.1) is 25.6 Å². The second-order valence-electron chi connectivity index (χ2n) is 5.28. The Bertz CT molecular complexity index is 847. The van der Waals surface area contributed by atoms with Crippen LogP contribution in [0, 0.1) is 0 Å². The first-order valence-corrected chi connectivity index (χ1v) is 8.24. The van der Waals surface area contributed by atoms with Crippen LogP contribution in [0.15, 0.2) is 46.1 Å². The lowest BCUT2D eigenvalue weighted by Crippen LogP contribution is -2.37. The van der Waals surface area contributed by atoms with E-state index in [1.165, 1.54) is 18.5 Å². The van der Waals surface area contributed by atoms with Gasteiger partial charge in [-0.15, -0.1) is 0 Å². The summed E-state index contributed by atoms with van der Waals surface area (Å²) >= 11 is 0. The predicted molar refractivity (Wildman–Crippen MR) is 97.0 cm³/mol. The number of hydrogen-bond donors (Lipinski definition) is 3. The van der Waals surface area contributed by atoms with Crippen LogP contribution in [0.3, 0.4) is 0 Å². The molecule has 10 heteroatoms. The third-order valence-corrected chi connectivity index (χ3v) is 3.21. The molecule has 148 valence electrons. The Morgan fingerprint density at radius 1 is 1.18 bits per heavy atom. The van der Waals surface area contributed by atoms with Gasteiger partial charge in [-0.1, -0.05) is 0 Å². The first-order valence-electron chi connectivity index (χ1n) is 8.24. The lowest BCUT2D eigenvalue weighted by molar-refractivity contribution is -0.139. The van der Waals surface area contributed by atoms with Crippen molar-refractivity contribution >= 4 is 24.0 Å². The molecule has 2 amide bonds. The quantitative estimate of drug-likeness (QED) is 0.329. The molecule has 0 aliphatic rings. The lowest BCUT2D eigenvalue weighted by atomic mass is 10.2. The first-order chi connectivity index (χ1) is 13.5. The van der Waals surface area contributed by atoms with E-state index in [2.05, 4.69) is 15.8 Å². The van der Waals surface area contributed by atoms with E-state index in [1.807, 2.05) is 0 Å². The van der Waals surface area contributed by atoms with Gasteiger partial charge in [-0.25, -0.2) is 10.2 Å². The van der Waals surface area contributed by atoms with E-state index in [0.717, 1.165) is 0 Å². The van der Waals surface area contributed by atoms with Crippen LogP contribution in [0.4, 0.5) is 0 Å². The molecule has 0 radical (unpaired) electrons. The van der Waals surface area contributed by atoms with Gasteiger partial charge in [0, 0.05) is 0 Å². The molecule has 0 fully saturated rings. The van der Waals surface area contributed by atoms with Gasteiger partial charge in [0.2, 0.25) is 0 Å². The average molecular weight is 389 g/mol. The summed E-state index contributed by atoms with van der Waals surface area (Å²) in [5.41, 5.74) is 2.65. The minimum atomic E-state index is -1.11.